The summed E-state index contributed by atoms with van der Waals surface area (Å²) in [5.41, 5.74) is 3.67. The molecule has 0 atom stereocenters. The van der Waals surface area contributed by atoms with Gasteiger partial charge in [0, 0.05) is 11.3 Å². The van der Waals surface area contributed by atoms with Crippen molar-refractivity contribution in [3.63, 3.8) is 0 Å². The average molecular weight is 1080 g/mol. The largest absolute Gasteiger partial charge is 0.508 e. The fourth-order valence-electron chi connectivity index (χ4n) is 9.67. The first-order chi connectivity index (χ1) is 38.9. The third-order valence-electron chi connectivity index (χ3n) is 14.6. The molecule has 0 heterocycles. The van der Waals surface area contributed by atoms with Crippen LogP contribution in [0, 0.1) is 0 Å². The molecule has 0 aromatic heterocycles. The second kappa shape index (κ2) is 41.2. The lowest BCUT2D eigenvalue weighted by Gasteiger charge is -2.19. The van der Waals surface area contributed by atoms with Crippen LogP contribution >= 0.6 is 0 Å². The highest BCUT2D eigenvalue weighted by molar-refractivity contribution is 6.05. The monoisotopic (exact) mass is 1080 g/mol. The fraction of sp³-hybridized carbons (Fsp3) is 0.557. The quantitative estimate of drug-likeness (QED) is 0.0293. The molecule has 434 valence electrons. The van der Waals surface area contributed by atoms with Gasteiger partial charge in [0.1, 0.15) is 42.8 Å². The van der Waals surface area contributed by atoms with Gasteiger partial charge in [0.25, 0.3) is 5.91 Å². The molecule has 2 N–H and O–H groups in total. The first-order valence-electron chi connectivity index (χ1n) is 31.3. The van der Waals surface area contributed by atoms with Crippen LogP contribution in [0.1, 0.15) is 240 Å². The summed E-state index contributed by atoms with van der Waals surface area (Å²) < 4.78 is 38.3. The van der Waals surface area contributed by atoms with Crippen molar-refractivity contribution in [1.29, 1.82) is 0 Å². The molecule has 0 aliphatic heterocycles. The molecule has 0 aliphatic rings. The maximum Gasteiger partial charge on any atom is 0.255 e. The fourth-order valence-corrected chi connectivity index (χ4v) is 9.67. The first-order valence-corrected chi connectivity index (χ1v) is 31.3. The number of hydrogen-bond donors (Lipinski definition) is 2. The Morgan fingerprint density at radius 1 is 0.354 bits per heavy atom. The summed E-state index contributed by atoms with van der Waals surface area (Å²) in [5.74, 6) is 3.35. The van der Waals surface area contributed by atoms with Crippen molar-refractivity contribution >= 4 is 11.6 Å². The van der Waals surface area contributed by atoms with Crippen molar-refractivity contribution in [3.05, 3.63) is 131 Å². The minimum Gasteiger partial charge on any atom is -0.508 e. The van der Waals surface area contributed by atoms with Crippen LogP contribution in [-0.2, 0) is 19.8 Å². The van der Waals surface area contributed by atoms with Crippen LogP contribution in [0.2, 0.25) is 0 Å². The van der Waals surface area contributed by atoms with Crippen molar-refractivity contribution in [3.8, 4) is 40.2 Å². The minimum absolute atomic E-state index is 0.111. The topological polar surface area (TPSA) is 105 Å². The Labute approximate surface area is 477 Å². The van der Waals surface area contributed by atoms with Crippen LogP contribution < -0.4 is 33.7 Å². The number of benzene rings is 5. The van der Waals surface area contributed by atoms with Crippen molar-refractivity contribution in [2.75, 3.05) is 25.1 Å². The van der Waals surface area contributed by atoms with E-state index in [0.717, 1.165) is 53.2 Å². The van der Waals surface area contributed by atoms with Gasteiger partial charge in [-0.1, -0.05) is 231 Å². The predicted molar refractivity (Wildman–Crippen MR) is 327 cm³/mol. The van der Waals surface area contributed by atoms with Gasteiger partial charge >= 0.3 is 0 Å². The third kappa shape index (κ3) is 28.2. The number of phenols is 1. The van der Waals surface area contributed by atoms with Crippen LogP contribution in [0.5, 0.6) is 40.2 Å². The molecule has 9 heteroatoms. The molecule has 0 aliphatic carbocycles. The Kier molecular flexibility index (Phi) is 33.4. The number of phenolic OH excluding ortho intramolecular Hbond substituents is 1. The summed E-state index contributed by atoms with van der Waals surface area (Å²) in [6.07, 6.45) is 38.6. The lowest BCUT2D eigenvalue weighted by atomic mass is 10.1. The molecule has 0 radical (unpaired) electrons. The van der Waals surface area contributed by atoms with E-state index in [4.69, 9.17) is 28.4 Å². The molecule has 5 aromatic rings. The van der Waals surface area contributed by atoms with Gasteiger partial charge in [-0.3, -0.25) is 4.79 Å². The van der Waals surface area contributed by atoms with Crippen LogP contribution in [-0.4, -0.2) is 30.8 Å². The molecule has 5 rings (SSSR count). The maximum atomic E-state index is 14.0. The van der Waals surface area contributed by atoms with Gasteiger partial charge in [-0.15, -0.1) is 0 Å². The second-order valence-corrected chi connectivity index (χ2v) is 21.7. The van der Waals surface area contributed by atoms with E-state index in [2.05, 4.69) is 26.1 Å². The maximum absolute atomic E-state index is 14.0. The number of rotatable bonds is 47. The van der Waals surface area contributed by atoms with E-state index in [0.29, 0.717) is 48.3 Å². The van der Waals surface area contributed by atoms with Crippen molar-refractivity contribution in [2.24, 2.45) is 0 Å². The zero-order valence-corrected chi connectivity index (χ0v) is 49.2. The third-order valence-corrected chi connectivity index (χ3v) is 14.6. The number of amides is 1. The van der Waals surface area contributed by atoms with Crippen LogP contribution in [0.3, 0.4) is 0 Å². The Morgan fingerprint density at radius 3 is 0.962 bits per heavy atom. The molecule has 0 spiro atoms. The number of ether oxygens (including phenoxy) is 6. The number of carbonyl (C=O) groups excluding carboxylic acids is 1. The molecule has 0 bridgehead atoms. The molecular formula is C70H101NO8. The Balaban J connectivity index is 1.24. The minimum atomic E-state index is -0.367. The summed E-state index contributed by atoms with van der Waals surface area (Å²) in [4.78, 5) is 14.0. The predicted octanol–water partition coefficient (Wildman–Crippen LogP) is 20.3. The van der Waals surface area contributed by atoms with Crippen molar-refractivity contribution < 1.29 is 38.3 Å². The molecule has 0 saturated heterocycles. The highest BCUT2D eigenvalue weighted by atomic mass is 16.5. The Morgan fingerprint density at radius 2 is 0.646 bits per heavy atom. The normalized spacial score (nSPS) is 11.1. The van der Waals surface area contributed by atoms with Crippen molar-refractivity contribution in [2.45, 2.75) is 233 Å². The van der Waals surface area contributed by atoms with E-state index in [1.807, 2.05) is 72.8 Å². The summed E-state index contributed by atoms with van der Waals surface area (Å²) in [5, 5.41) is 12.9. The van der Waals surface area contributed by atoms with Gasteiger partial charge in [-0.05, 0) is 109 Å². The van der Waals surface area contributed by atoms with E-state index >= 15 is 0 Å². The first kappa shape index (κ1) is 64.0. The summed E-state index contributed by atoms with van der Waals surface area (Å²) in [6.45, 7) is 9.54. The number of carbonyl (C=O) groups is 1. The van der Waals surface area contributed by atoms with E-state index in [-0.39, 0.29) is 31.5 Å². The summed E-state index contributed by atoms with van der Waals surface area (Å²) >= 11 is 0. The average Bonchev–Trinajstić information content (AvgIpc) is 3.50. The van der Waals surface area contributed by atoms with E-state index in [1.54, 1.807) is 24.3 Å². The standard InChI is InChI=1S/C70H101NO8/c1-4-7-10-13-16-19-22-25-28-31-50-74-64-44-34-58(35-45-64)55-77-67-53-61(70(73)71-62-40-42-63(72)43-41-62)54-68(78-56-59-36-46-65(47-37-59)75-51-32-29-26-23-20-17-14-11-8-5-2)69(67)79-57-60-38-48-66(49-39-60)76-52-33-30-27-24-21-18-15-12-9-6-3/h34-49,53-54,72H,4-33,50-52,55-57H2,1-3H3,(H,71,73). The SMILES string of the molecule is CCCCCCCCCCCCOc1ccc(COc2cc(C(=O)Nc3ccc(O)cc3)cc(OCc3ccc(OCCCCCCCCCCCC)cc3)c2OCc2ccc(OCCCCCCCCCCCC)cc2)cc1. The van der Waals surface area contributed by atoms with Gasteiger partial charge in [0.2, 0.25) is 5.75 Å². The van der Waals surface area contributed by atoms with Gasteiger partial charge in [-0.2, -0.15) is 0 Å². The van der Waals surface area contributed by atoms with E-state index in [1.165, 1.54) is 185 Å². The summed E-state index contributed by atoms with van der Waals surface area (Å²) in [6, 6.07) is 33.8. The zero-order chi connectivity index (χ0) is 55.6. The van der Waals surface area contributed by atoms with Gasteiger partial charge in [-0.25, -0.2) is 0 Å². The Hall–Kier alpha value is -5.83. The van der Waals surface area contributed by atoms with Gasteiger partial charge in [0.15, 0.2) is 11.5 Å². The van der Waals surface area contributed by atoms with Crippen LogP contribution in [0.15, 0.2) is 109 Å². The molecule has 0 fully saturated rings. The van der Waals surface area contributed by atoms with Gasteiger partial charge in [0.05, 0.1) is 19.8 Å². The number of aromatic hydroxyl groups is 1. The zero-order valence-electron chi connectivity index (χ0n) is 49.2. The molecule has 5 aromatic carbocycles. The van der Waals surface area contributed by atoms with Crippen LogP contribution in [0.25, 0.3) is 0 Å². The number of unbranched alkanes of at least 4 members (excludes halogenated alkanes) is 27. The molecule has 1 amide bonds. The Bertz CT molecular complexity index is 2200. The van der Waals surface area contributed by atoms with E-state index < -0.39 is 0 Å². The van der Waals surface area contributed by atoms with Crippen molar-refractivity contribution in [1.82, 2.24) is 0 Å². The smallest absolute Gasteiger partial charge is 0.255 e. The van der Waals surface area contributed by atoms with Gasteiger partial charge < -0.3 is 38.8 Å². The molecule has 9 nitrogen and oxygen atoms in total. The number of anilines is 1. The van der Waals surface area contributed by atoms with E-state index in [9.17, 15) is 9.90 Å². The highest BCUT2D eigenvalue weighted by Crippen LogP contribution is 2.41. The molecule has 79 heavy (non-hydrogen) atoms. The lowest BCUT2D eigenvalue weighted by Crippen LogP contribution is -2.13. The lowest BCUT2D eigenvalue weighted by molar-refractivity contribution is 0.102. The number of nitrogens with one attached hydrogen (secondary N) is 1. The number of hydrogen-bond acceptors (Lipinski definition) is 8. The summed E-state index contributed by atoms with van der Waals surface area (Å²) in [7, 11) is 0. The molecule has 0 unspecified atom stereocenters. The highest BCUT2D eigenvalue weighted by Gasteiger charge is 2.21. The molecular weight excluding hydrogens is 983 g/mol. The second-order valence-electron chi connectivity index (χ2n) is 21.7. The molecule has 0 saturated carbocycles. The van der Waals surface area contributed by atoms with Crippen LogP contribution in [0.4, 0.5) is 5.69 Å².